The van der Waals surface area contributed by atoms with Crippen molar-refractivity contribution >= 4 is 16.7 Å². The van der Waals surface area contributed by atoms with Gasteiger partial charge in [-0.3, -0.25) is 9.00 Å². The summed E-state index contributed by atoms with van der Waals surface area (Å²) in [6.45, 7) is 3.93. The second-order valence-electron chi connectivity index (χ2n) is 6.16. The van der Waals surface area contributed by atoms with E-state index in [0.29, 0.717) is 18.1 Å². The number of hydrogen-bond acceptors (Lipinski definition) is 2. The summed E-state index contributed by atoms with van der Waals surface area (Å²) in [7, 11) is -1.03. The van der Waals surface area contributed by atoms with Gasteiger partial charge in [-0.1, -0.05) is 42.5 Å². The van der Waals surface area contributed by atoms with Crippen molar-refractivity contribution in [1.29, 1.82) is 0 Å². The van der Waals surface area contributed by atoms with Gasteiger partial charge in [-0.05, 0) is 37.1 Å². The van der Waals surface area contributed by atoms with E-state index < -0.39 is 16.2 Å². The Labute approximate surface area is 144 Å². The minimum Gasteiger partial charge on any atom is -0.354 e. The lowest BCUT2D eigenvalue weighted by Gasteiger charge is -2.24. The zero-order valence-electron chi connectivity index (χ0n) is 13.9. The normalized spacial score (nSPS) is 12.6. The average Bonchev–Trinajstić information content (AvgIpc) is 2.56. The highest BCUT2D eigenvalue weighted by Crippen LogP contribution is 2.23. The lowest BCUT2D eigenvalue weighted by molar-refractivity contribution is -0.125. The van der Waals surface area contributed by atoms with Gasteiger partial charge >= 0.3 is 0 Å². The van der Waals surface area contributed by atoms with Crippen LogP contribution in [-0.4, -0.2) is 22.4 Å². The molecule has 0 aliphatic rings. The fourth-order valence-electron chi connectivity index (χ4n) is 2.33. The van der Waals surface area contributed by atoms with Crippen molar-refractivity contribution in [2.45, 2.75) is 25.0 Å². The van der Waals surface area contributed by atoms with Gasteiger partial charge < -0.3 is 5.32 Å². The molecule has 0 radical (unpaired) electrons. The van der Waals surface area contributed by atoms with Crippen molar-refractivity contribution in [3.8, 4) is 0 Å². The number of carbonyl (C=O) groups is 1. The molecule has 0 spiro atoms. The summed E-state index contributed by atoms with van der Waals surface area (Å²) in [5, 5.41) is 2.83. The molecule has 128 valence electrons. The van der Waals surface area contributed by atoms with Crippen molar-refractivity contribution < 1.29 is 13.4 Å². The molecule has 1 amide bonds. The van der Waals surface area contributed by atoms with E-state index in [2.05, 4.69) is 5.32 Å². The standard InChI is InChI=1S/C19H22FNO2S/c1-19(2,16-8-10-17(20)11-9-16)18(22)21-12-13-24(23)14-15-6-4-3-5-7-15/h3-11H,12-14H2,1-2H3,(H,21,22)/t24-/m0/s1. The van der Waals surface area contributed by atoms with Gasteiger partial charge in [0, 0.05) is 28.9 Å². The van der Waals surface area contributed by atoms with E-state index in [4.69, 9.17) is 0 Å². The molecule has 0 saturated carbocycles. The fourth-order valence-corrected chi connectivity index (χ4v) is 3.37. The Morgan fingerprint density at radius 3 is 2.33 bits per heavy atom. The van der Waals surface area contributed by atoms with Crippen LogP contribution in [0.3, 0.4) is 0 Å². The molecule has 0 saturated heterocycles. The Morgan fingerprint density at radius 2 is 1.71 bits per heavy atom. The molecule has 2 rings (SSSR count). The molecule has 24 heavy (non-hydrogen) atoms. The number of carbonyl (C=O) groups excluding carboxylic acids is 1. The number of nitrogens with one attached hydrogen (secondary N) is 1. The maximum absolute atomic E-state index is 13.0. The van der Waals surface area contributed by atoms with Crippen LogP contribution in [0.1, 0.15) is 25.0 Å². The van der Waals surface area contributed by atoms with Gasteiger partial charge in [0.05, 0.1) is 5.41 Å². The number of hydrogen-bond donors (Lipinski definition) is 1. The van der Waals surface area contributed by atoms with Crippen LogP contribution < -0.4 is 5.32 Å². The van der Waals surface area contributed by atoms with Gasteiger partial charge in [0.2, 0.25) is 5.91 Å². The van der Waals surface area contributed by atoms with Crippen LogP contribution in [0.25, 0.3) is 0 Å². The average molecular weight is 347 g/mol. The van der Waals surface area contributed by atoms with Crippen molar-refractivity contribution in [1.82, 2.24) is 5.32 Å². The van der Waals surface area contributed by atoms with Gasteiger partial charge in [-0.25, -0.2) is 4.39 Å². The van der Waals surface area contributed by atoms with Gasteiger partial charge in [-0.15, -0.1) is 0 Å². The summed E-state index contributed by atoms with van der Waals surface area (Å²) in [5.41, 5.74) is 0.995. The number of amides is 1. The monoisotopic (exact) mass is 347 g/mol. The van der Waals surface area contributed by atoms with Crippen molar-refractivity contribution in [3.05, 3.63) is 71.5 Å². The van der Waals surface area contributed by atoms with Gasteiger partial charge in [0.25, 0.3) is 0 Å². The zero-order chi connectivity index (χ0) is 17.6. The van der Waals surface area contributed by atoms with E-state index in [-0.39, 0.29) is 11.7 Å². The predicted molar refractivity (Wildman–Crippen MR) is 95.6 cm³/mol. The van der Waals surface area contributed by atoms with Gasteiger partial charge in [-0.2, -0.15) is 0 Å². The molecule has 2 aromatic rings. The van der Waals surface area contributed by atoms with Crippen LogP contribution in [0.2, 0.25) is 0 Å². The van der Waals surface area contributed by atoms with Crippen molar-refractivity contribution in [2.24, 2.45) is 0 Å². The Bertz CT molecular complexity index is 699. The summed E-state index contributed by atoms with van der Waals surface area (Å²) in [6, 6.07) is 15.6. The molecule has 1 atom stereocenters. The molecular formula is C19H22FNO2S. The molecule has 0 aliphatic heterocycles. The second kappa shape index (κ2) is 8.20. The quantitative estimate of drug-likeness (QED) is 0.836. The summed E-state index contributed by atoms with van der Waals surface area (Å²) >= 11 is 0. The maximum Gasteiger partial charge on any atom is 0.230 e. The van der Waals surface area contributed by atoms with Crippen LogP contribution in [-0.2, 0) is 26.8 Å². The predicted octanol–water partition coefficient (Wildman–Crippen LogP) is 3.17. The first-order chi connectivity index (χ1) is 11.4. The Balaban J connectivity index is 1.84. The Kier molecular flexibility index (Phi) is 6.26. The van der Waals surface area contributed by atoms with Gasteiger partial charge in [0.15, 0.2) is 0 Å². The minimum atomic E-state index is -1.03. The lowest BCUT2D eigenvalue weighted by atomic mass is 9.84. The Morgan fingerprint density at radius 1 is 1.08 bits per heavy atom. The highest BCUT2D eigenvalue weighted by atomic mass is 32.2. The molecule has 5 heteroatoms. The molecular weight excluding hydrogens is 325 g/mol. The minimum absolute atomic E-state index is 0.161. The summed E-state index contributed by atoms with van der Waals surface area (Å²) in [4.78, 5) is 12.4. The number of rotatable bonds is 7. The summed E-state index contributed by atoms with van der Waals surface area (Å²) < 4.78 is 25.1. The topological polar surface area (TPSA) is 46.2 Å². The van der Waals surface area contributed by atoms with E-state index in [1.807, 2.05) is 30.3 Å². The molecule has 0 aliphatic carbocycles. The molecule has 0 aromatic heterocycles. The first kappa shape index (κ1) is 18.3. The smallest absolute Gasteiger partial charge is 0.230 e. The van der Waals surface area contributed by atoms with E-state index >= 15 is 0 Å². The van der Waals surface area contributed by atoms with Crippen LogP contribution in [0.5, 0.6) is 0 Å². The molecule has 0 bridgehead atoms. The first-order valence-corrected chi connectivity index (χ1v) is 9.31. The summed E-state index contributed by atoms with van der Waals surface area (Å²) in [5.74, 6) is 0.398. The number of benzene rings is 2. The molecule has 0 heterocycles. The van der Waals surface area contributed by atoms with Crippen molar-refractivity contribution in [2.75, 3.05) is 12.3 Å². The molecule has 0 unspecified atom stereocenters. The maximum atomic E-state index is 13.0. The lowest BCUT2D eigenvalue weighted by Crippen LogP contribution is -2.41. The fraction of sp³-hybridized carbons (Fsp3) is 0.316. The van der Waals surface area contributed by atoms with E-state index in [1.54, 1.807) is 26.0 Å². The first-order valence-electron chi connectivity index (χ1n) is 7.83. The summed E-state index contributed by atoms with van der Waals surface area (Å²) in [6.07, 6.45) is 0. The number of halogens is 1. The second-order valence-corrected chi connectivity index (χ2v) is 7.74. The molecule has 0 fully saturated rings. The highest BCUT2D eigenvalue weighted by Gasteiger charge is 2.29. The van der Waals surface area contributed by atoms with E-state index in [1.165, 1.54) is 12.1 Å². The van der Waals surface area contributed by atoms with E-state index in [0.717, 1.165) is 11.1 Å². The third-order valence-corrected chi connectivity index (χ3v) is 5.23. The SMILES string of the molecule is CC(C)(C(=O)NCC[S@](=O)Cc1ccccc1)c1ccc(F)cc1. The molecule has 2 aromatic carbocycles. The third kappa shape index (κ3) is 4.99. The highest BCUT2D eigenvalue weighted by molar-refractivity contribution is 7.84. The molecule has 3 nitrogen and oxygen atoms in total. The third-order valence-electron chi connectivity index (χ3n) is 3.92. The van der Waals surface area contributed by atoms with Crippen LogP contribution in [0.4, 0.5) is 4.39 Å². The van der Waals surface area contributed by atoms with Crippen LogP contribution in [0, 0.1) is 5.82 Å². The van der Waals surface area contributed by atoms with E-state index in [9.17, 15) is 13.4 Å². The van der Waals surface area contributed by atoms with Crippen LogP contribution >= 0.6 is 0 Å². The molecule has 1 N–H and O–H groups in total. The van der Waals surface area contributed by atoms with Gasteiger partial charge in [0.1, 0.15) is 5.82 Å². The zero-order valence-corrected chi connectivity index (χ0v) is 14.7. The largest absolute Gasteiger partial charge is 0.354 e. The van der Waals surface area contributed by atoms with Crippen molar-refractivity contribution in [3.63, 3.8) is 0 Å². The Hall–Kier alpha value is -2.01. The van der Waals surface area contributed by atoms with Crippen LogP contribution in [0.15, 0.2) is 54.6 Å².